The minimum absolute atomic E-state index is 0.0174. The molecular formula is C29H48O6S7. The Morgan fingerprint density at radius 3 is 1.24 bits per heavy atom. The maximum absolute atomic E-state index is 9.96. The summed E-state index contributed by atoms with van der Waals surface area (Å²) < 4.78 is 20.2. The standard InChI is InChI=1S/C14H22O2S3.C13H20O2S2.C2H6O2S2/c1-14(2,19-17-3)10-18-9-13-5-11(7-15)4-12(6-13)8-16;1-13(2,16)9-17-8-12-4-10(6-14)3-11(5-12)7-15;1-5-6(2,3)4/h4-6,15-16H,7-10H2,1-3H3;3-5,14-16H,6-9H2,1-2H3;1-2H3. The van der Waals surface area contributed by atoms with Crippen LogP contribution in [0.5, 0.6) is 0 Å². The third-order valence-corrected chi connectivity index (χ3v) is 13.5. The second-order valence-electron chi connectivity index (χ2n) is 10.6. The summed E-state index contributed by atoms with van der Waals surface area (Å²) in [5.41, 5.74) is 5.78. The van der Waals surface area contributed by atoms with Crippen molar-refractivity contribution < 1.29 is 28.8 Å². The molecule has 0 heterocycles. The third kappa shape index (κ3) is 21.9. The van der Waals surface area contributed by atoms with Gasteiger partial charge in [0.1, 0.15) is 0 Å². The van der Waals surface area contributed by atoms with Crippen molar-refractivity contribution in [3.8, 4) is 0 Å². The molecule has 0 bridgehead atoms. The predicted molar refractivity (Wildman–Crippen MR) is 196 cm³/mol. The van der Waals surface area contributed by atoms with E-state index in [1.54, 1.807) is 10.8 Å². The summed E-state index contributed by atoms with van der Waals surface area (Å²) in [5.74, 6) is 3.84. The van der Waals surface area contributed by atoms with Crippen molar-refractivity contribution in [1.82, 2.24) is 0 Å². The maximum Gasteiger partial charge on any atom is 0.198 e. The molecule has 13 heteroatoms. The van der Waals surface area contributed by atoms with Gasteiger partial charge in [0.05, 0.1) is 26.4 Å². The highest BCUT2D eigenvalue weighted by Gasteiger charge is 2.18. The number of rotatable bonds is 15. The van der Waals surface area contributed by atoms with E-state index in [1.165, 1.54) is 18.1 Å². The molecule has 2 aromatic carbocycles. The summed E-state index contributed by atoms with van der Waals surface area (Å²) in [5, 5.41) is 36.7. The molecule has 0 spiro atoms. The van der Waals surface area contributed by atoms with Crippen LogP contribution in [-0.2, 0) is 46.8 Å². The van der Waals surface area contributed by atoms with Crippen LogP contribution in [0, 0.1) is 0 Å². The van der Waals surface area contributed by atoms with Crippen LogP contribution in [0.4, 0.5) is 0 Å². The molecule has 6 nitrogen and oxygen atoms in total. The second kappa shape index (κ2) is 22.0. The van der Waals surface area contributed by atoms with Gasteiger partial charge in [-0.15, -0.1) is 0 Å². The van der Waals surface area contributed by atoms with E-state index in [1.807, 2.05) is 70.7 Å². The number of thiol groups is 1. The van der Waals surface area contributed by atoms with Crippen molar-refractivity contribution in [2.75, 3.05) is 30.3 Å². The average molecular weight is 717 g/mol. The van der Waals surface area contributed by atoms with Crippen LogP contribution >= 0.6 is 68.5 Å². The normalized spacial score (nSPS) is 11.8. The monoisotopic (exact) mass is 716 g/mol. The quantitative estimate of drug-likeness (QED) is 0.101. The van der Waals surface area contributed by atoms with Crippen LogP contribution in [0.25, 0.3) is 0 Å². The maximum atomic E-state index is 9.96. The van der Waals surface area contributed by atoms with Crippen molar-refractivity contribution >= 4 is 77.4 Å². The Kier molecular flexibility index (Phi) is 22.1. The van der Waals surface area contributed by atoms with Gasteiger partial charge in [-0.25, -0.2) is 8.42 Å². The highest BCUT2D eigenvalue weighted by molar-refractivity contribution is 8.77. The summed E-state index contributed by atoms with van der Waals surface area (Å²) in [6.45, 7) is 8.78. The first-order valence-corrected chi connectivity index (χ1v) is 22.0. The number of aliphatic hydroxyl groups excluding tert-OH is 4. The minimum Gasteiger partial charge on any atom is -0.392 e. The number of hydrogen-bond donors (Lipinski definition) is 5. The van der Waals surface area contributed by atoms with Gasteiger partial charge in [-0.3, -0.25) is 0 Å². The fourth-order valence-corrected chi connectivity index (χ4v) is 8.25. The van der Waals surface area contributed by atoms with Gasteiger partial charge in [-0.1, -0.05) is 71.8 Å². The lowest BCUT2D eigenvalue weighted by atomic mass is 10.1. The summed E-state index contributed by atoms with van der Waals surface area (Å²) in [7, 11) is 1.81. The van der Waals surface area contributed by atoms with Crippen LogP contribution in [0.15, 0.2) is 36.4 Å². The largest absolute Gasteiger partial charge is 0.392 e. The van der Waals surface area contributed by atoms with Crippen LogP contribution in [0.1, 0.15) is 61.1 Å². The Morgan fingerprint density at radius 1 is 0.667 bits per heavy atom. The van der Waals surface area contributed by atoms with Gasteiger partial charge in [0.25, 0.3) is 0 Å². The first kappa shape index (κ1) is 42.3. The van der Waals surface area contributed by atoms with E-state index in [9.17, 15) is 18.6 Å². The molecule has 0 aliphatic rings. The summed E-state index contributed by atoms with van der Waals surface area (Å²) >= 11 is 8.18. The molecule has 0 aliphatic carbocycles. The van der Waals surface area contributed by atoms with E-state index < -0.39 is 8.87 Å². The van der Waals surface area contributed by atoms with Crippen molar-refractivity contribution in [1.29, 1.82) is 0 Å². The molecule has 0 aliphatic heterocycles. The Hall–Kier alpha value is 0.330. The Labute approximate surface area is 279 Å². The summed E-state index contributed by atoms with van der Waals surface area (Å²) in [6, 6.07) is 11.7. The summed E-state index contributed by atoms with van der Waals surface area (Å²) in [4.78, 5) is 0. The van der Waals surface area contributed by atoms with Crippen LogP contribution in [-0.4, -0.2) is 68.6 Å². The number of aliphatic hydroxyl groups is 4. The van der Waals surface area contributed by atoms with Crippen molar-refractivity contribution in [2.24, 2.45) is 0 Å². The van der Waals surface area contributed by atoms with Gasteiger partial charge in [0, 0.05) is 38.8 Å². The van der Waals surface area contributed by atoms with Gasteiger partial charge >= 0.3 is 0 Å². The molecule has 42 heavy (non-hydrogen) atoms. The lowest BCUT2D eigenvalue weighted by Crippen LogP contribution is -2.16. The highest BCUT2D eigenvalue weighted by atomic mass is 33.1. The molecule has 0 atom stereocenters. The van der Waals surface area contributed by atoms with E-state index in [2.05, 4.69) is 46.6 Å². The first-order valence-electron chi connectivity index (χ1n) is 13.0. The summed E-state index contributed by atoms with van der Waals surface area (Å²) in [6.07, 6.45) is 4.82. The van der Waals surface area contributed by atoms with Gasteiger partial charge in [0.15, 0.2) is 8.87 Å². The van der Waals surface area contributed by atoms with Crippen LogP contribution in [0.2, 0.25) is 0 Å². The van der Waals surface area contributed by atoms with Crippen LogP contribution in [0.3, 0.4) is 0 Å². The smallest absolute Gasteiger partial charge is 0.198 e. The average Bonchev–Trinajstić information content (AvgIpc) is 2.92. The van der Waals surface area contributed by atoms with Gasteiger partial charge < -0.3 is 20.4 Å². The zero-order chi connectivity index (χ0) is 32.4. The van der Waals surface area contributed by atoms with E-state index in [0.29, 0.717) is 0 Å². The molecular weight excluding hydrogens is 669 g/mol. The second-order valence-corrected chi connectivity index (χ2v) is 21.5. The fourth-order valence-electron chi connectivity index (χ4n) is 3.29. The zero-order valence-corrected chi connectivity index (χ0v) is 31.4. The van der Waals surface area contributed by atoms with E-state index in [0.717, 1.165) is 61.6 Å². The van der Waals surface area contributed by atoms with Crippen molar-refractivity contribution in [3.63, 3.8) is 0 Å². The Balaban J connectivity index is 0.000000674. The number of benzene rings is 2. The minimum atomic E-state index is -2.75. The van der Waals surface area contributed by atoms with E-state index in [4.69, 9.17) is 10.2 Å². The predicted octanol–water partition coefficient (Wildman–Crippen LogP) is 6.62. The molecule has 2 rings (SSSR count). The lowest BCUT2D eigenvalue weighted by Gasteiger charge is -2.21. The first-order chi connectivity index (χ1) is 19.5. The molecule has 0 fully saturated rings. The molecule has 0 amide bonds. The molecule has 4 N–H and O–H groups in total. The molecule has 0 radical (unpaired) electrons. The third-order valence-electron chi connectivity index (χ3n) is 5.01. The Morgan fingerprint density at radius 2 is 0.976 bits per heavy atom. The van der Waals surface area contributed by atoms with Gasteiger partial charge in [0.2, 0.25) is 0 Å². The molecule has 0 saturated carbocycles. The molecule has 242 valence electrons. The van der Waals surface area contributed by atoms with E-state index in [-0.39, 0.29) is 35.9 Å². The van der Waals surface area contributed by atoms with Crippen molar-refractivity contribution in [3.05, 3.63) is 69.8 Å². The zero-order valence-electron chi connectivity index (χ0n) is 25.6. The van der Waals surface area contributed by atoms with E-state index >= 15 is 0 Å². The van der Waals surface area contributed by atoms with Crippen LogP contribution < -0.4 is 0 Å². The van der Waals surface area contributed by atoms with Crippen molar-refractivity contribution in [2.45, 2.75) is 75.1 Å². The molecule has 0 unspecified atom stereocenters. The molecule has 0 saturated heterocycles. The SMILES string of the molecule is CC(C)(S)CSCc1cc(CO)cc(CO)c1.CSS(C)(=O)=O.CSSC(C)(C)CSCc1cc(CO)cc(CO)c1. The highest BCUT2D eigenvalue weighted by Crippen LogP contribution is 2.36. The number of thioether (sulfide) groups is 2. The fraction of sp³-hybridized carbons (Fsp3) is 0.586. The van der Waals surface area contributed by atoms with Gasteiger partial charge in [-0.2, -0.15) is 36.2 Å². The Bertz CT molecular complexity index is 1090. The topological polar surface area (TPSA) is 115 Å². The molecule has 2 aromatic rings. The lowest BCUT2D eigenvalue weighted by molar-refractivity contribution is 0.275. The van der Waals surface area contributed by atoms with Gasteiger partial charge in [-0.05, 0) is 70.5 Å². The number of hydrogen-bond acceptors (Lipinski definition) is 12. The molecule has 0 aromatic heterocycles.